The van der Waals surface area contributed by atoms with Crippen molar-refractivity contribution in [2.24, 2.45) is 5.92 Å². The van der Waals surface area contributed by atoms with E-state index < -0.39 is 0 Å². The van der Waals surface area contributed by atoms with E-state index in [1.807, 2.05) is 0 Å². The molecule has 2 aliphatic rings. The fourth-order valence-corrected chi connectivity index (χ4v) is 4.79. The molecule has 2 rings (SSSR count). The molecule has 0 aromatic heterocycles. The van der Waals surface area contributed by atoms with E-state index in [2.05, 4.69) is 42.3 Å². The molecule has 110 valence electrons. The first-order chi connectivity index (χ1) is 9.07. The molecule has 0 bridgehead atoms. The molecule has 0 N–H and O–H groups in total. The minimum absolute atomic E-state index is 0.341. The Morgan fingerprint density at radius 2 is 1.95 bits per heavy atom. The lowest BCUT2D eigenvalue weighted by molar-refractivity contribution is -0.133. The molecular formula is C15H28N2OS. The Labute approximate surface area is 122 Å². The summed E-state index contributed by atoms with van der Waals surface area (Å²) in [7, 11) is 0. The second-order valence-corrected chi connectivity index (χ2v) is 7.72. The maximum Gasteiger partial charge on any atom is 0.222 e. The number of likely N-dealkylation sites (tertiary alicyclic amines) is 1. The molecule has 0 atom stereocenters. The van der Waals surface area contributed by atoms with Crippen LogP contribution in [0.1, 0.15) is 46.5 Å². The van der Waals surface area contributed by atoms with E-state index in [4.69, 9.17) is 0 Å². The highest BCUT2D eigenvalue weighted by Crippen LogP contribution is 2.44. The van der Waals surface area contributed by atoms with Crippen molar-refractivity contribution in [1.29, 1.82) is 0 Å². The monoisotopic (exact) mass is 284 g/mol. The van der Waals surface area contributed by atoms with Gasteiger partial charge in [0.15, 0.2) is 0 Å². The summed E-state index contributed by atoms with van der Waals surface area (Å²) in [5.41, 5.74) is 0. The second kappa shape index (κ2) is 6.49. The van der Waals surface area contributed by atoms with Crippen molar-refractivity contribution in [3.05, 3.63) is 0 Å². The Hall–Kier alpha value is -0.220. The third-order valence-electron chi connectivity index (χ3n) is 4.26. The van der Waals surface area contributed by atoms with Crippen LogP contribution in [0.5, 0.6) is 0 Å². The number of hydrogen-bond acceptors (Lipinski definition) is 3. The first kappa shape index (κ1) is 15.2. The van der Waals surface area contributed by atoms with Gasteiger partial charge < -0.3 is 4.90 Å². The standard InChI is InChI=1S/C15H28N2OS/c1-4-5-14(18)16-8-6-15(7-9-16)17(10-11-19-15)12-13(2)3/h13H,4-12H2,1-3H3. The van der Waals surface area contributed by atoms with Gasteiger partial charge in [0.05, 0.1) is 4.87 Å². The highest BCUT2D eigenvalue weighted by atomic mass is 32.2. The summed E-state index contributed by atoms with van der Waals surface area (Å²) in [5, 5.41) is 0. The summed E-state index contributed by atoms with van der Waals surface area (Å²) in [6.07, 6.45) is 3.99. The Balaban J connectivity index is 1.92. The van der Waals surface area contributed by atoms with Gasteiger partial charge in [-0.2, -0.15) is 0 Å². The maximum absolute atomic E-state index is 12.0. The lowest BCUT2D eigenvalue weighted by Gasteiger charge is -2.44. The summed E-state index contributed by atoms with van der Waals surface area (Å²) in [6, 6.07) is 0. The topological polar surface area (TPSA) is 23.6 Å². The van der Waals surface area contributed by atoms with E-state index in [1.165, 1.54) is 18.8 Å². The molecule has 0 unspecified atom stereocenters. The van der Waals surface area contributed by atoms with E-state index in [0.29, 0.717) is 10.8 Å². The molecule has 19 heavy (non-hydrogen) atoms. The van der Waals surface area contributed by atoms with Crippen LogP contribution >= 0.6 is 11.8 Å². The van der Waals surface area contributed by atoms with Gasteiger partial charge in [-0.3, -0.25) is 9.69 Å². The molecule has 1 spiro atoms. The number of rotatable bonds is 4. The molecule has 2 heterocycles. The maximum atomic E-state index is 12.0. The Kier molecular flexibility index (Phi) is 5.18. The summed E-state index contributed by atoms with van der Waals surface area (Å²) in [4.78, 5) is 17.1. The van der Waals surface area contributed by atoms with E-state index in [0.717, 1.165) is 44.7 Å². The van der Waals surface area contributed by atoms with Gasteiger partial charge >= 0.3 is 0 Å². The number of piperidine rings is 1. The third-order valence-corrected chi connectivity index (χ3v) is 5.85. The van der Waals surface area contributed by atoms with Crippen LogP contribution in [0.3, 0.4) is 0 Å². The Bertz CT molecular complexity index is 311. The fraction of sp³-hybridized carbons (Fsp3) is 0.933. The molecule has 2 saturated heterocycles. The van der Waals surface area contributed by atoms with Gasteiger partial charge in [0.1, 0.15) is 0 Å². The summed E-state index contributed by atoms with van der Waals surface area (Å²) < 4.78 is 0. The van der Waals surface area contributed by atoms with Crippen molar-refractivity contribution in [2.75, 3.05) is 31.9 Å². The fourth-order valence-electron chi connectivity index (χ4n) is 3.28. The number of thioether (sulfide) groups is 1. The zero-order valence-electron chi connectivity index (χ0n) is 12.7. The van der Waals surface area contributed by atoms with Crippen molar-refractivity contribution in [3.63, 3.8) is 0 Å². The summed E-state index contributed by atoms with van der Waals surface area (Å²) >= 11 is 2.13. The zero-order chi connectivity index (χ0) is 13.9. The number of nitrogens with zero attached hydrogens (tertiary/aromatic N) is 2. The van der Waals surface area contributed by atoms with Crippen molar-refractivity contribution in [2.45, 2.75) is 51.3 Å². The molecule has 0 radical (unpaired) electrons. The highest BCUT2D eigenvalue weighted by Gasteiger charge is 2.44. The van der Waals surface area contributed by atoms with Crippen molar-refractivity contribution >= 4 is 17.7 Å². The average Bonchev–Trinajstić information content (AvgIpc) is 2.73. The van der Waals surface area contributed by atoms with Gasteiger partial charge in [0, 0.05) is 38.4 Å². The van der Waals surface area contributed by atoms with Crippen LogP contribution in [0.25, 0.3) is 0 Å². The third kappa shape index (κ3) is 3.46. The first-order valence-electron chi connectivity index (χ1n) is 7.74. The quantitative estimate of drug-likeness (QED) is 0.793. The van der Waals surface area contributed by atoms with Crippen molar-refractivity contribution < 1.29 is 4.79 Å². The normalized spacial score (nSPS) is 23.5. The van der Waals surface area contributed by atoms with Crippen molar-refractivity contribution in [3.8, 4) is 0 Å². The lowest BCUT2D eigenvalue weighted by Crippen LogP contribution is -2.52. The highest BCUT2D eigenvalue weighted by molar-refractivity contribution is 8.00. The molecule has 2 aliphatic heterocycles. The molecule has 4 heteroatoms. The van der Waals surface area contributed by atoms with Gasteiger partial charge in [-0.25, -0.2) is 0 Å². The molecular weight excluding hydrogens is 256 g/mol. The molecule has 2 fully saturated rings. The number of hydrogen-bond donors (Lipinski definition) is 0. The predicted molar refractivity (Wildman–Crippen MR) is 82.3 cm³/mol. The molecule has 3 nitrogen and oxygen atoms in total. The molecule has 0 saturated carbocycles. The van der Waals surface area contributed by atoms with Crippen molar-refractivity contribution in [1.82, 2.24) is 9.80 Å². The van der Waals surface area contributed by atoms with Crippen LogP contribution in [0.15, 0.2) is 0 Å². The lowest BCUT2D eigenvalue weighted by atomic mass is 10.0. The van der Waals surface area contributed by atoms with Crippen LogP contribution in [-0.4, -0.2) is 52.5 Å². The zero-order valence-corrected chi connectivity index (χ0v) is 13.5. The number of carbonyl (C=O) groups excluding carboxylic acids is 1. The van der Waals surface area contributed by atoms with Crippen LogP contribution in [0.2, 0.25) is 0 Å². The molecule has 0 aliphatic carbocycles. The first-order valence-corrected chi connectivity index (χ1v) is 8.73. The van der Waals surface area contributed by atoms with Crippen LogP contribution in [0, 0.1) is 5.92 Å². The average molecular weight is 284 g/mol. The second-order valence-electron chi connectivity index (χ2n) is 6.27. The summed E-state index contributed by atoms with van der Waals surface area (Å²) in [5.74, 6) is 2.35. The number of carbonyl (C=O) groups is 1. The van der Waals surface area contributed by atoms with Gasteiger partial charge in [-0.05, 0) is 25.2 Å². The minimum Gasteiger partial charge on any atom is -0.342 e. The van der Waals surface area contributed by atoms with Gasteiger partial charge in [0.2, 0.25) is 5.91 Å². The smallest absolute Gasteiger partial charge is 0.222 e. The van der Waals surface area contributed by atoms with Gasteiger partial charge in [-0.1, -0.05) is 20.8 Å². The molecule has 0 aromatic rings. The van der Waals surface area contributed by atoms with E-state index >= 15 is 0 Å². The van der Waals surface area contributed by atoms with Gasteiger partial charge in [-0.15, -0.1) is 11.8 Å². The molecule has 0 aromatic carbocycles. The predicted octanol–water partition coefficient (Wildman–Crippen LogP) is 2.81. The van der Waals surface area contributed by atoms with E-state index in [1.54, 1.807) is 0 Å². The SMILES string of the molecule is CCCC(=O)N1CCC2(CC1)SCCN2CC(C)C. The summed E-state index contributed by atoms with van der Waals surface area (Å²) in [6.45, 7) is 11.0. The molecule has 1 amide bonds. The number of amides is 1. The Morgan fingerprint density at radius 1 is 1.26 bits per heavy atom. The van der Waals surface area contributed by atoms with Crippen LogP contribution in [0.4, 0.5) is 0 Å². The largest absolute Gasteiger partial charge is 0.342 e. The Morgan fingerprint density at radius 3 is 2.53 bits per heavy atom. The van der Waals surface area contributed by atoms with Crippen LogP contribution < -0.4 is 0 Å². The van der Waals surface area contributed by atoms with Gasteiger partial charge in [0.25, 0.3) is 0 Å². The van der Waals surface area contributed by atoms with E-state index in [9.17, 15) is 4.79 Å². The van der Waals surface area contributed by atoms with E-state index in [-0.39, 0.29) is 0 Å². The minimum atomic E-state index is 0.341. The van der Waals surface area contributed by atoms with Crippen LogP contribution in [-0.2, 0) is 4.79 Å².